The van der Waals surface area contributed by atoms with E-state index in [9.17, 15) is 14.7 Å². The summed E-state index contributed by atoms with van der Waals surface area (Å²) in [6, 6.07) is -0.907. The van der Waals surface area contributed by atoms with Gasteiger partial charge in [-0.05, 0) is 52.4 Å². The molecule has 0 radical (unpaired) electrons. The minimum atomic E-state index is -1.01. The van der Waals surface area contributed by atoms with Gasteiger partial charge in [0.05, 0.1) is 0 Å². The average Bonchev–Trinajstić information content (AvgIpc) is 2.21. The maximum absolute atomic E-state index is 11.8. The van der Waals surface area contributed by atoms with Crippen LogP contribution in [-0.4, -0.2) is 28.8 Å². The molecule has 0 aliphatic heterocycles. The summed E-state index contributed by atoms with van der Waals surface area (Å²) in [5.41, 5.74) is 0.536. The third-order valence-corrected chi connectivity index (χ3v) is 3.24. The van der Waals surface area contributed by atoms with Crippen LogP contribution in [0.4, 0.5) is 4.79 Å². The van der Waals surface area contributed by atoms with E-state index < -0.39 is 23.7 Å². The molecule has 2 N–H and O–H groups in total. The number of aliphatic carboxylic acids is 1. The van der Waals surface area contributed by atoms with Crippen molar-refractivity contribution in [2.75, 3.05) is 0 Å². The Labute approximate surface area is 120 Å². The summed E-state index contributed by atoms with van der Waals surface area (Å²) < 4.78 is 5.13. The number of carbonyl (C=O) groups excluding carboxylic acids is 1. The van der Waals surface area contributed by atoms with Crippen LogP contribution in [0.15, 0.2) is 11.6 Å². The minimum absolute atomic E-state index is 0.0972. The summed E-state index contributed by atoms with van der Waals surface area (Å²) in [5, 5.41) is 11.9. The lowest BCUT2D eigenvalue weighted by molar-refractivity contribution is -0.141. The summed E-state index contributed by atoms with van der Waals surface area (Å²) in [6.45, 7) is 9.30. The van der Waals surface area contributed by atoms with Crippen LogP contribution in [0.25, 0.3) is 0 Å². The van der Waals surface area contributed by atoms with E-state index in [2.05, 4.69) is 18.3 Å². The fourth-order valence-electron chi connectivity index (χ4n) is 2.67. The normalized spacial score (nSPS) is 24.6. The molecule has 5 nitrogen and oxygen atoms in total. The Morgan fingerprint density at radius 1 is 1.45 bits per heavy atom. The van der Waals surface area contributed by atoms with Crippen molar-refractivity contribution in [1.29, 1.82) is 0 Å². The van der Waals surface area contributed by atoms with Gasteiger partial charge >= 0.3 is 12.1 Å². The average molecular weight is 283 g/mol. The number of hydrogen-bond acceptors (Lipinski definition) is 3. The molecule has 1 aliphatic rings. The van der Waals surface area contributed by atoms with Crippen molar-refractivity contribution in [1.82, 2.24) is 5.32 Å². The first-order valence-corrected chi connectivity index (χ1v) is 6.98. The molecule has 0 bridgehead atoms. The van der Waals surface area contributed by atoms with Gasteiger partial charge in [0.1, 0.15) is 11.6 Å². The third kappa shape index (κ3) is 5.23. The predicted molar refractivity (Wildman–Crippen MR) is 76.4 cm³/mol. The van der Waals surface area contributed by atoms with Gasteiger partial charge in [0, 0.05) is 0 Å². The smallest absolute Gasteiger partial charge is 0.408 e. The van der Waals surface area contributed by atoms with Gasteiger partial charge in [-0.3, -0.25) is 0 Å². The maximum Gasteiger partial charge on any atom is 0.408 e. The molecular formula is C15H25NO4. The number of amides is 1. The zero-order chi connectivity index (χ0) is 15.5. The molecule has 114 valence electrons. The first-order chi connectivity index (χ1) is 9.08. The quantitative estimate of drug-likeness (QED) is 0.781. The van der Waals surface area contributed by atoms with Gasteiger partial charge in [-0.1, -0.05) is 18.6 Å². The largest absolute Gasteiger partial charge is 0.480 e. The maximum atomic E-state index is 11.8. The Kier molecular flexibility index (Phi) is 5.20. The Morgan fingerprint density at radius 3 is 2.50 bits per heavy atom. The molecule has 1 amide bonds. The summed E-state index contributed by atoms with van der Waals surface area (Å²) in [7, 11) is 0. The summed E-state index contributed by atoms with van der Waals surface area (Å²) in [6.07, 6.45) is 2.93. The van der Waals surface area contributed by atoms with E-state index in [4.69, 9.17) is 4.74 Å². The SMILES string of the molecule is CC1=CC(C)CC(C(NC(=O)OC(C)(C)C)C(=O)O)C1. The van der Waals surface area contributed by atoms with Gasteiger partial charge in [0.15, 0.2) is 0 Å². The lowest BCUT2D eigenvalue weighted by Gasteiger charge is -2.31. The molecule has 3 unspecified atom stereocenters. The van der Waals surface area contributed by atoms with Crippen LogP contribution in [0, 0.1) is 11.8 Å². The first kappa shape index (κ1) is 16.5. The molecule has 3 atom stereocenters. The fourth-order valence-corrected chi connectivity index (χ4v) is 2.67. The molecule has 1 aliphatic carbocycles. The first-order valence-electron chi connectivity index (χ1n) is 6.98. The molecule has 0 aromatic heterocycles. The van der Waals surface area contributed by atoms with Crippen LogP contribution in [0.2, 0.25) is 0 Å². The van der Waals surface area contributed by atoms with E-state index >= 15 is 0 Å². The molecule has 0 saturated carbocycles. The highest BCUT2D eigenvalue weighted by Crippen LogP contribution is 2.30. The van der Waals surface area contributed by atoms with Crippen molar-refractivity contribution in [2.45, 2.75) is 59.1 Å². The molecule has 0 spiro atoms. The predicted octanol–water partition coefficient (Wildman–Crippen LogP) is 2.96. The third-order valence-electron chi connectivity index (χ3n) is 3.24. The van der Waals surface area contributed by atoms with Gasteiger partial charge in [0.2, 0.25) is 0 Å². The lowest BCUT2D eigenvalue weighted by Crippen LogP contribution is -2.48. The molecule has 20 heavy (non-hydrogen) atoms. The number of carbonyl (C=O) groups is 2. The number of carboxylic acids is 1. The summed E-state index contributed by atoms with van der Waals surface area (Å²) in [4.78, 5) is 23.2. The highest BCUT2D eigenvalue weighted by molar-refractivity contribution is 5.80. The van der Waals surface area contributed by atoms with Gasteiger partial charge in [-0.2, -0.15) is 0 Å². The number of rotatable bonds is 3. The molecule has 0 aromatic rings. The molecule has 0 heterocycles. The van der Waals surface area contributed by atoms with E-state index in [0.717, 1.165) is 6.42 Å². The topological polar surface area (TPSA) is 75.6 Å². The number of carboxylic acid groups (broad SMARTS) is 1. The second-order valence-corrected chi connectivity index (χ2v) is 6.65. The Balaban J connectivity index is 2.73. The van der Waals surface area contributed by atoms with Crippen molar-refractivity contribution in [2.24, 2.45) is 11.8 Å². The van der Waals surface area contributed by atoms with Crippen LogP contribution in [0.5, 0.6) is 0 Å². The molecule has 0 fully saturated rings. The lowest BCUT2D eigenvalue weighted by atomic mass is 9.79. The number of alkyl carbamates (subject to hydrolysis) is 1. The minimum Gasteiger partial charge on any atom is -0.480 e. The standard InChI is InChI=1S/C15H25NO4/c1-9-6-10(2)8-11(7-9)12(13(17)18)16-14(19)20-15(3,4)5/h6,9,11-12H,7-8H2,1-5H3,(H,16,19)(H,17,18). The molecule has 5 heteroatoms. The molecular weight excluding hydrogens is 258 g/mol. The highest BCUT2D eigenvalue weighted by Gasteiger charge is 2.33. The van der Waals surface area contributed by atoms with Crippen LogP contribution in [0.3, 0.4) is 0 Å². The zero-order valence-corrected chi connectivity index (χ0v) is 12.9. The number of hydrogen-bond donors (Lipinski definition) is 2. The van der Waals surface area contributed by atoms with Gasteiger partial charge in [0.25, 0.3) is 0 Å². The van der Waals surface area contributed by atoms with Gasteiger partial charge < -0.3 is 15.2 Å². The molecule has 0 aromatic carbocycles. The van der Waals surface area contributed by atoms with Crippen molar-refractivity contribution < 1.29 is 19.4 Å². The van der Waals surface area contributed by atoms with E-state index in [0.29, 0.717) is 12.3 Å². The fraction of sp³-hybridized carbons (Fsp3) is 0.733. The Hall–Kier alpha value is -1.52. The molecule has 0 saturated heterocycles. The monoisotopic (exact) mass is 283 g/mol. The number of ether oxygens (including phenoxy) is 1. The Bertz CT molecular complexity index is 409. The van der Waals surface area contributed by atoms with Crippen molar-refractivity contribution in [3.63, 3.8) is 0 Å². The van der Waals surface area contributed by atoms with Crippen molar-refractivity contribution in [3.8, 4) is 0 Å². The summed E-state index contributed by atoms with van der Waals surface area (Å²) in [5.74, 6) is -0.779. The number of nitrogens with one attached hydrogen (secondary N) is 1. The van der Waals surface area contributed by atoms with Crippen LogP contribution >= 0.6 is 0 Å². The summed E-state index contributed by atoms with van der Waals surface area (Å²) >= 11 is 0. The van der Waals surface area contributed by atoms with Crippen LogP contribution in [-0.2, 0) is 9.53 Å². The van der Waals surface area contributed by atoms with E-state index in [1.807, 2.05) is 6.92 Å². The number of allylic oxidation sites excluding steroid dienone is 2. The van der Waals surface area contributed by atoms with Crippen LogP contribution in [0.1, 0.15) is 47.5 Å². The van der Waals surface area contributed by atoms with Gasteiger partial charge in [-0.15, -0.1) is 0 Å². The highest BCUT2D eigenvalue weighted by atomic mass is 16.6. The van der Waals surface area contributed by atoms with E-state index in [1.54, 1.807) is 20.8 Å². The van der Waals surface area contributed by atoms with E-state index in [1.165, 1.54) is 5.57 Å². The Morgan fingerprint density at radius 2 is 2.05 bits per heavy atom. The van der Waals surface area contributed by atoms with Gasteiger partial charge in [-0.25, -0.2) is 9.59 Å². The van der Waals surface area contributed by atoms with Crippen molar-refractivity contribution >= 4 is 12.1 Å². The second-order valence-electron chi connectivity index (χ2n) is 6.65. The second kappa shape index (κ2) is 6.29. The van der Waals surface area contributed by atoms with Crippen LogP contribution < -0.4 is 5.32 Å². The van der Waals surface area contributed by atoms with Crippen molar-refractivity contribution in [3.05, 3.63) is 11.6 Å². The zero-order valence-electron chi connectivity index (χ0n) is 12.9. The van der Waals surface area contributed by atoms with E-state index in [-0.39, 0.29) is 5.92 Å². The molecule has 1 rings (SSSR count).